The van der Waals surface area contributed by atoms with Gasteiger partial charge in [0.1, 0.15) is 0 Å². The van der Waals surface area contributed by atoms with Crippen LogP contribution in [0.3, 0.4) is 0 Å². The molecule has 4 heteroatoms. The van der Waals surface area contributed by atoms with Crippen LogP contribution in [0.5, 0.6) is 0 Å². The summed E-state index contributed by atoms with van der Waals surface area (Å²) >= 11 is 0. The predicted molar refractivity (Wildman–Crippen MR) is 86.5 cm³/mol. The lowest BCUT2D eigenvalue weighted by molar-refractivity contribution is 0.112. The predicted octanol–water partition coefficient (Wildman–Crippen LogP) is 2.86. The van der Waals surface area contributed by atoms with Crippen molar-refractivity contribution in [3.8, 4) is 0 Å². The Labute approximate surface area is 132 Å². The van der Waals surface area contributed by atoms with E-state index in [0.717, 1.165) is 12.8 Å². The summed E-state index contributed by atoms with van der Waals surface area (Å²) in [5, 5.41) is 13.2. The Bertz CT molecular complexity index is 538. The topological polar surface area (TPSA) is 52.6 Å². The highest BCUT2D eigenvalue weighted by Crippen LogP contribution is 2.42. The third kappa shape index (κ3) is 3.61. The number of aryl methyl sites for hydroxylation is 1. The Morgan fingerprint density at radius 1 is 1.27 bits per heavy atom. The second kappa shape index (κ2) is 6.29. The van der Waals surface area contributed by atoms with Crippen LogP contribution in [0.2, 0.25) is 0 Å². The molecule has 120 valence electrons. The van der Waals surface area contributed by atoms with E-state index in [1.54, 1.807) is 11.9 Å². The number of carbonyl (C=O) groups is 1. The van der Waals surface area contributed by atoms with Crippen molar-refractivity contribution >= 4 is 6.03 Å². The number of aliphatic hydroxyl groups excluding tert-OH is 1. The number of amides is 2. The van der Waals surface area contributed by atoms with Crippen molar-refractivity contribution in [3.63, 3.8) is 0 Å². The van der Waals surface area contributed by atoms with Crippen molar-refractivity contribution in [1.82, 2.24) is 10.2 Å². The molecule has 0 aromatic heterocycles. The fourth-order valence-electron chi connectivity index (χ4n) is 3.05. The molecule has 1 aromatic carbocycles. The molecule has 0 aliphatic heterocycles. The van der Waals surface area contributed by atoms with Gasteiger partial charge in [-0.25, -0.2) is 4.79 Å². The highest BCUT2D eigenvalue weighted by Gasteiger charge is 2.35. The van der Waals surface area contributed by atoms with Crippen LogP contribution >= 0.6 is 0 Å². The molecular weight excluding hydrogens is 276 g/mol. The Hall–Kier alpha value is -1.55. The number of benzene rings is 1. The first-order valence-electron chi connectivity index (χ1n) is 8.31. The van der Waals surface area contributed by atoms with Crippen molar-refractivity contribution in [3.05, 3.63) is 35.4 Å². The van der Waals surface area contributed by atoms with Gasteiger partial charge in [0.15, 0.2) is 0 Å². The van der Waals surface area contributed by atoms with Gasteiger partial charge in [0.25, 0.3) is 0 Å². The summed E-state index contributed by atoms with van der Waals surface area (Å²) in [6.45, 7) is 2.51. The number of aliphatic hydroxyl groups is 1. The van der Waals surface area contributed by atoms with E-state index in [9.17, 15) is 9.90 Å². The molecule has 2 fully saturated rings. The summed E-state index contributed by atoms with van der Waals surface area (Å²) in [7, 11) is 1.77. The Morgan fingerprint density at radius 3 is 2.50 bits per heavy atom. The van der Waals surface area contributed by atoms with E-state index >= 15 is 0 Å². The number of hydrogen-bond acceptors (Lipinski definition) is 2. The first kappa shape index (κ1) is 15.3. The summed E-state index contributed by atoms with van der Waals surface area (Å²) in [6.07, 6.45) is 4.14. The largest absolute Gasteiger partial charge is 0.391 e. The molecule has 3 rings (SSSR count). The molecular formula is C18H26N2O2. The van der Waals surface area contributed by atoms with Gasteiger partial charge in [-0.2, -0.15) is 0 Å². The van der Waals surface area contributed by atoms with E-state index in [1.807, 2.05) is 12.1 Å². The lowest BCUT2D eigenvalue weighted by atomic mass is 9.98. The maximum Gasteiger partial charge on any atom is 0.317 e. The lowest BCUT2D eigenvalue weighted by Crippen LogP contribution is -2.43. The number of nitrogens with one attached hydrogen (secondary N) is 1. The van der Waals surface area contributed by atoms with Gasteiger partial charge in [0.05, 0.1) is 12.1 Å². The number of urea groups is 1. The van der Waals surface area contributed by atoms with Crippen LogP contribution in [-0.2, 0) is 0 Å². The maximum atomic E-state index is 12.5. The zero-order chi connectivity index (χ0) is 15.7. The molecule has 2 saturated carbocycles. The van der Waals surface area contributed by atoms with Crippen molar-refractivity contribution in [2.24, 2.45) is 11.8 Å². The van der Waals surface area contributed by atoms with Crippen molar-refractivity contribution in [1.29, 1.82) is 0 Å². The van der Waals surface area contributed by atoms with Crippen molar-refractivity contribution < 1.29 is 9.90 Å². The van der Waals surface area contributed by atoms with Crippen LogP contribution in [-0.4, -0.2) is 35.7 Å². The van der Waals surface area contributed by atoms with Gasteiger partial charge in [0, 0.05) is 13.6 Å². The minimum absolute atomic E-state index is 0.0835. The average molecular weight is 302 g/mol. The monoisotopic (exact) mass is 302 g/mol. The molecule has 0 saturated heterocycles. The number of likely N-dealkylation sites (N-methyl/N-ethyl adjacent to an activating group) is 1. The second-order valence-corrected chi connectivity index (χ2v) is 6.91. The van der Waals surface area contributed by atoms with Gasteiger partial charge in [-0.3, -0.25) is 0 Å². The van der Waals surface area contributed by atoms with E-state index in [-0.39, 0.29) is 18.2 Å². The quantitative estimate of drug-likeness (QED) is 0.849. The molecule has 4 nitrogen and oxygen atoms in total. The van der Waals surface area contributed by atoms with Crippen molar-refractivity contribution in [2.75, 3.05) is 13.6 Å². The second-order valence-electron chi connectivity index (χ2n) is 6.91. The van der Waals surface area contributed by atoms with E-state index < -0.39 is 0 Å². The average Bonchev–Trinajstić information content (AvgIpc) is 3.38. The maximum absolute atomic E-state index is 12.5. The zero-order valence-electron chi connectivity index (χ0n) is 13.5. The molecule has 0 bridgehead atoms. The van der Waals surface area contributed by atoms with E-state index in [1.165, 1.54) is 24.0 Å². The first-order chi connectivity index (χ1) is 10.6. The van der Waals surface area contributed by atoms with Gasteiger partial charge in [-0.1, -0.05) is 24.3 Å². The first-order valence-corrected chi connectivity index (χ1v) is 8.31. The Kier molecular flexibility index (Phi) is 4.39. The number of hydrogen-bond donors (Lipinski definition) is 2. The molecule has 1 aromatic rings. The minimum atomic E-state index is -0.381. The molecule has 2 aliphatic carbocycles. The molecule has 0 spiro atoms. The highest BCUT2D eigenvalue weighted by molar-refractivity contribution is 5.74. The molecule has 0 unspecified atom stereocenters. The highest BCUT2D eigenvalue weighted by atomic mass is 16.3. The van der Waals surface area contributed by atoms with Crippen LogP contribution in [0.1, 0.15) is 42.9 Å². The summed E-state index contributed by atoms with van der Waals surface area (Å²) in [4.78, 5) is 14.1. The molecule has 2 N–H and O–H groups in total. The van der Waals surface area contributed by atoms with Gasteiger partial charge >= 0.3 is 6.03 Å². The van der Waals surface area contributed by atoms with Gasteiger partial charge in [-0.05, 0) is 55.6 Å². The van der Waals surface area contributed by atoms with Crippen LogP contribution in [0.25, 0.3) is 0 Å². The number of carbonyl (C=O) groups excluding carboxylic acids is 1. The van der Waals surface area contributed by atoms with Gasteiger partial charge < -0.3 is 15.3 Å². The van der Waals surface area contributed by atoms with E-state index in [2.05, 4.69) is 24.4 Å². The van der Waals surface area contributed by atoms with Crippen molar-refractivity contribution in [2.45, 2.75) is 44.8 Å². The normalized spacial score (nSPS) is 20.3. The van der Waals surface area contributed by atoms with Crippen LogP contribution in [0, 0.1) is 18.8 Å². The zero-order valence-corrected chi connectivity index (χ0v) is 13.5. The fourth-order valence-corrected chi connectivity index (χ4v) is 3.05. The molecule has 2 amide bonds. The third-order valence-electron chi connectivity index (χ3n) is 4.87. The van der Waals surface area contributed by atoms with E-state index in [0.29, 0.717) is 18.4 Å². The van der Waals surface area contributed by atoms with Crippen LogP contribution < -0.4 is 5.32 Å². The summed E-state index contributed by atoms with van der Waals surface area (Å²) in [6, 6.07) is 8.27. The van der Waals surface area contributed by atoms with Gasteiger partial charge in [-0.15, -0.1) is 0 Å². The Morgan fingerprint density at radius 2 is 1.91 bits per heavy atom. The molecule has 0 radical (unpaired) electrons. The van der Waals surface area contributed by atoms with Crippen LogP contribution in [0.4, 0.5) is 4.79 Å². The molecule has 0 heterocycles. The Balaban J connectivity index is 1.63. The SMILES string of the molecule is Cc1ccccc1[C@@H](NC(=O)N(C)C[C@@H](O)C1CC1)C1CC1. The summed E-state index contributed by atoms with van der Waals surface area (Å²) in [5.41, 5.74) is 2.44. The van der Waals surface area contributed by atoms with Crippen LogP contribution in [0.15, 0.2) is 24.3 Å². The third-order valence-corrected chi connectivity index (χ3v) is 4.87. The van der Waals surface area contributed by atoms with Gasteiger partial charge in [0.2, 0.25) is 0 Å². The molecule has 2 aliphatic rings. The summed E-state index contributed by atoms with van der Waals surface area (Å²) in [5.74, 6) is 0.942. The summed E-state index contributed by atoms with van der Waals surface area (Å²) < 4.78 is 0. The smallest absolute Gasteiger partial charge is 0.317 e. The lowest BCUT2D eigenvalue weighted by Gasteiger charge is -2.26. The fraction of sp³-hybridized carbons (Fsp3) is 0.611. The number of rotatable bonds is 6. The van der Waals surface area contributed by atoms with E-state index in [4.69, 9.17) is 0 Å². The standard InChI is InChI=1S/C18H26N2O2/c1-12-5-3-4-6-15(12)17(14-9-10-14)19-18(22)20(2)11-16(21)13-7-8-13/h3-6,13-14,16-17,21H,7-11H2,1-2H3,(H,19,22)/t16-,17+/m1/s1. The molecule has 2 atom stereocenters. The number of nitrogens with zero attached hydrogens (tertiary/aromatic N) is 1. The molecule has 22 heavy (non-hydrogen) atoms. The minimum Gasteiger partial charge on any atom is -0.391 e.